The van der Waals surface area contributed by atoms with Gasteiger partial charge in [0, 0.05) is 12.5 Å². The van der Waals surface area contributed by atoms with Gasteiger partial charge in [0.05, 0.1) is 5.54 Å². The Morgan fingerprint density at radius 3 is 2.40 bits per heavy atom. The normalized spacial score (nSPS) is 15.9. The molecule has 0 saturated heterocycles. The summed E-state index contributed by atoms with van der Waals surface area (Å²) in [6.45, 7) is 1.77. The van der Waals surface area contributed by atoms with Crippen molar-refractivity contribution in [3.05, 3.63) is 58.8 Å². The van der Waals surface area contributed by atoms with E-state index in [0.717, 1.165) is 31.2 Å². The van der Waals surface area contributed by atoms with E-state index in [0.29, 0.717) is 6.42 Å². The third-order valence-electron chi connectivity index (χ3n) is 4.79. The molecule has 0 atom stereocenters. The molecule has 0 aliphatic heterocycles. The Balaban J connectivity index is 1.89. The summed E-state index contributed by atoms with van der Waals surface area (Å²) in [7, 11) is 0. The third-order valence-corrected chi connectivity index (χ3v) is 4.79. The fourth-order valence-corrected chi connectivity index (χ4v) is 3.50. The molecule has 1 aromatic carbocycles. The van der Waals surface area contributed by atoms with Crippen molar-refractivity contribution in [3.8, 4) is 0 Å². The van der Waals surface area contributed by atoms with E-state index in [1.807, 2.05) is 0 Å². The molecule has 2 aromatic rings. The quantitative estimate of drug-likeness (QED) is 0.862. The topological polar surface area (TPSA) is 79.5 Å². The van der Waals surface area contributed by atoms with Gasteiger partial charge in [-0.2, -0.15) is 0 Å². The molecule has 5 nitrogen and oxygen atoms in total. The number of aromatic carboxylic acids is 1. The van der Waals surface area contributed by atoms with Crippen molar-refractivity contribution in [1.29, 1.82) is 0 Å². The summed E-state index contributed by atoms with van der Waals surface area (Å²) in [5.41, 5.74) is 0.281. The van der Waals surface area contributed by atoms with Gasteiger partial charge in [-0.05, 0) is 30.5 Å². The maximum atomic E-state index is 13.2. The lowest BCUT2D eigenvalue weighted by atomic mass is 9.88. The molecule has 1 aliphatic rings. The van der Waals surface area contributed by atoms with Crippen LogP contribution in [0.4, 0.5) is 4.39 Å². The molecule has 1 aromatic heterocycles. The van der Waals surface area contributed by atoms with Gasteiger partial charge in [-0.3, -0.25) is 4.79 Å². The van der Waals surface area contributed by atoms with E-state index in [1.165, 1.54) is 18.2 Å². The minimum absolute atomic E-state index is 0.00917. The lowest BCUT2D eigenvalue weighted by Crippen LogP contribution is -2.43. The zero-order chi connectivity index (χ0) is 18.0. The van der Waals surface area contributed by atoms with Crippen molar-refractivity contribution in [2.24, 2.45) is 0 Å². The van der Waals surface area contributed by atoms with E-state index >= 15 is 0 Å². The Labute approximate surface area is 144 Å². The molecule has 1 amide bonds. The number of aryl methyl sites for hydroxylation is 1. The number of benzene rings is 1. The number of carboxylic acid groups (broad SMARTS) is 1. The standard InChI is InChI=1S/C19H20FNO4/c1-2-15-14(18(23)24)11-16(25-15)17(22)21-19(9-3-4-10-19)12-5-7-13(20)8-6-12/h5-8,11H,2-4,9-10H2,1H3,(H,21,22)(H,23,24). The SMILES string of the molecule is CCc1oc(C(=O)NC2(c3ccc(F)cc3)CCCC2)cc1C(=O)O. The van der Waals surface area contributed by atoms with Crippen molar-refractivity contribution < 1.29 is 23.5 Å². The zero-order valence-electron chi connectivity index (χ0n) is 14.0. The second-order valence-corrected chi connectivity index (χ2v) is 6.36. The third kappa shape index (κ3) is 3.29. The first-order valence-corrected chi connectivity index (χ1v) is 8.40. The number of amides is 1. The Hall–Kier alpha value is -2.63. The van der Waals surface area contributed by atoms with E-state index in [2.05, 4.69) is 5.32 Å². The van der Waals surface area contributed by atoms with Crippen LogP contribution < -0.4 is 5.32 Å². The summed E-state index contributed by atoms with van der Waals surface area (Å²) in [4.78, 5) is 23.9. The predicted molar refractivity (Wildman–Crippen MR) is 89.1 cm³/mol. The van der Waals surface area contributed by atoms with Crippen LogP contribution in [-0.2, 0) is 12.0 Å². The Morgan fingerprint density at radius 1 is 1.24 bits per heavy atom. The maximum Gasteiger partial charge on any atom is 0.339 e. The predicted octanol–water partition coefficient (Wildman–Crippen LogP) is 3.88. The van der Waals surface area contributed by atoms with Crippen molar-refractivity contribution in [3.63, 3.8) is 0 Å². The average Bonchev–Trinajstić information content (AvgIpc) is 3.22. The summed E-state index contributed by atoms with van der Waals surface area (Å²) in [6.07, 6.45) is 3.79. The zero-order valence-corrected chi connectivity index (χ0v) is 14.0. The van der Waals surface area contributed by atoms with Gasteiger partial charge in [0.25, 0.3) is 5.91 Å². The van der Waals surface area contributed by atoms with Crippen LogP contribution in [0.5, 0.6) is 0 Å². The Morgan fingerprint density at radius 2 is 1.88 bits per heavy atom. The average molecular weight is 345 g/mol. The van der Waals surface area contributed by atoms with E-state index in [1.54, 1.807) is 19.1 Å². The second-order valence-electron chi connectivity index (χ2n) is 6.36. The first-order chi connectivity index (χ1) is 11.9. The largest absolute Gasteiger partial charge is 0.478 e. The lowest BCUT2D eigenvalue weighted by Gasteiger charge is -2.30. The van der Waals surface area contributed by atoms with E-state index in [9.17, 15) is 19.1 Å². The fourth-order valence-electron chi connectivity index (χ4n) is 3.50. The molecule has 3 rings (SSSR count). The van der Waals surface area contributed by atoms with Gasteiger partial charge in [0.15, 0.2) is 5.76 Å². The highest BCUT2D eigenvalue weighted by Crippen LogP contribution is 2.39. The number of carbonyl (C=O) groups is 2. The van der Waals surface area contributed by atoms with Crippen molar-refractivity contribution in [2.45, 2.75) is 44.6 Å². The molecule has 0 bridgehead atoms. The number of nitrogens with one attached hydrogen (secondary N) is 1. The van der Waals surface area contributed by atoms with Crippen LogP contribution in [0, 0.1) is 5.82 Å². The smallest absolute Gasteiger partial charge is 0.339 e. The lowest BCUT2D eigenvalue weighted by molar-refractivity contribution is 0.0694. The molecule has 2 N–H and O–H groups in total. The van der Waals surface area contributed by atoms with Crippen LogP contribution in [0.2, 0.25) is 0 Å². The molecule has 1 fully saturated rings. The monoisotopic (exact) mass is 345 g/mol. The number of hydrogen-bond acceptors (Lipinski definition) is 3. The Kier molecular flexibility index (Phi) is 4.61. The van der Waals surface area contributed by atoms with Gasteiger partial charge in [-0.1, -0.05) is 31.9 Å². The van der Waals surface area contributed by atoms with Crippen molar-refractivity contribution in [2.75, 3.05) is 0 Å². The number of furan rings is 1. The minimum atomic E-state index is -1.12. The Bertz CT molecular complexity index is 788. The molecule has 1 saturated carbocycles. The molecule has 0 unspecified atom stereocenters. The number of halogens is 1. The summed E-state index contributed by atoms with van der Waals surface area (Å²) < 4.78 is 18.7. The summed E-state index contributed by atoms with van der Waals surface area (Å²) in [6, 6.07) is 7.40. The highest BCUT2D eigenvalue weighted by Gasteiger charge is 2.38. The van der Waals surface area contributed by atoms with Gasteiger partial charge < -0.3 is 14.8 Å². The molecule has 1 aliphatic carbocycles. The minimum Gasteiger partial charge on any atom is -0.478 e. The van der Waals surface area contributed by atoms with Crippen LogP contribution in [0.1, 0.15) is 64.8 Å². The first-order valence-electron chi connectivity index (χ1n) is 8.40. The van der Waals surface area contributed by atoms with Crippen molar-refractivity contribution >= 4 is 11.9 Å². The first kappa shape index (κ1) is 17.2. The van der Waals surface area contributed by atoms with Gasteiger partial charge in [-0.15, -0.1) is 0 Å². The van der Waals surface area contributed by atoms with Gasteiger partial charge >= 0.3 is 5.97 Å². The molecule has 6 heteroatoms. The number of carboxylic acids is 1. The van der Waals surface area contributed by atoms with Gasteiger partial charge in [0.1, 0.15) is 17.1 Å². The van der Waals surface area contributed by atoms with Crippen LogP contribution in [0.15, 0.2) is 34.7 Å². The summed E-state index contributed by atoms with van der Waals surface area (Å²) >= 11 is 0. The summed E-state index contributed by atoms with van der Waals surface area (Å²) in [5.74, 6) is -1.63. The molecule has 25 heavy (non-hydrogen) atoms. The van der Waals surface area contributed by atoms with Crippen LogP contribution in [-0.4, -0.2) is 17.0 Å². The van der Waals surface area contributed by atoms with E-state index in [4.69, 9.17) is 4.42 Å². The molecular weight excluding hydrogens is 325 g/mol. The molecular formula is C19H20FNO4. The van der Waals surface area contributed by atoms with Crippen molar-refractivity contribution in [1.82, 2.24) is 5.32 Å². The van der Waals surface area contributed by atoms with Gasteiger partial charge in [0.2, 0.25) is 0 Å². The number of rotatable bonds is 5. The van der Waals surface area contributed by atoms with E-state index < -0.39 is 17.4 Å². The van der Waals surface area contributed by atoms with E-state index in [-0.39, 0.29) is 22.9 Å². The molecule has 0 radical (unpaired) electrons. The fraction of sp³-hybridized carbons (Fsp3) is 0.368. The highest BCUT2D eigenvalue weighted by molar-refractivity contribution is 5.96. The second kappa shape index (κ2) is 6.70. The molecule has 132 valence electrons. The van der Waals surface area contributed by atoms with Gasteiger partial charge in [-0.25, -0.2) is 9.18 Å². The van der Waals surface area contributed by atoms with Crippen LogP contribution in [0.3, 0.4) is 0 Å². The molecule has 0 spiro atoms. The highest BCUT2D eigenvalue weighted by atomic mass is 19.1. The summed E-state index contributed by atoms with van der Waals surface area (Å²) in [5, 5.41) is 12.2. The number of hydrogen-bond donors (Lipinski definition) is 2. The van der Waals surface area contributed by atoms with Crippen LogP contribution in [0.25, 0.3) is 0 Å². The maximum absolute atomic E-state index is 13.2. The molecule has 1 heterocycles. The number of carbonyl (C=O) groups excluding carboxylic acids is 1. The van der Waals surface area contributed by atoms with Crippen LogP contribution >= 0.6 is 0 Å².